The lowest BCUT2D eigenvalue weighted by Gasteiger charge is -2.36. The smallest absolute Gasteiger partial charge is 0.0472 e. The van der Waals surface area contributed by atoms with E-state index in [1.165, 1.54) is 112 Å². The van der Waals surface area contributed by atoms with E-state index in [1.807, 2.05) is 0 Å². The van der Waals surface area contributed by atoms with Crippen molar-refractivity contribution in [3.63, 3.8) is 0 Å². The van der Waals surface area contributed by atoms with E-state index in [1.54, 1.807) is 0 Å². The van der Waals surface area contributed by atoms with Gasteiger partial charge in [-0.2, -0.15) is 10.0 Å². The first-order valence-corrected chi connectivity index (χ1v) is 25.3. The van der Waals surface area contributed by atoms with Gasteiger partial charge in [-0.3, -0.25) is 0 Å². The van der Waals surface area contributed by atoms with Gasteiger partial charge in [0, 0.05) is 49.3 Å². The van der Waals surface area contributed by atoms with E-state index in [4.69, 9.17) is 0 Å². The molecule has 2 nitrogen and oxygen atoms in total. The number of hydrogen-bond donors (Lipinski definition) is 0. The van der Waals surface area contributed by atoms with Crippen molar-refractivity contribution in [3.8, 4) is 11.1 Å². The zero-order valence-electron chi connectivity index (χ0n) is 36.7. The molecule has 0 radical (unpaired) electrons. The molecule has 0 amide bonds. The summed E-state index contributed by atoms with van der Waals surface area (Å²) in [5, 5.41) is 0. The molecule has 0 spiro atoms. The van der Waals surface area contributed by atoms with Crippen molar-refractivity contribution in [1.82, 2.24) is 0 Å². The first-order chi connectivity index (χ1) is 29.9. The van der Waals surface area contributed by atoms with Gasteiger partial charge >= 0.3 is 0 Å². The second-order valence-corrected chi connectivity index (χ2v) is 21.3. The van der Waals surface area contributed by atoms with E-state index in [0.29, 0.717) is 5.92 Å². The van der Waals surface area contributed by atoms with Crippen LogP contribution in [0.3, 0.4) is 0 Å². The first-order valence-electron chi connectivity index (χ1n) is 22.9. The molecule has 1 saturated carbocycles. The van der Waals surface area contributed by atoms with Gasteiger partial charge in [-0.1, -0.05) is 149 Å². The van der Waals surface area contributed by atoms with Crippen molar-refractivity contribution in [2.24, 2.45) is 0 Å². The fraction of sp³-hybridized carbons (Fsp3) is 0.276. The summed E-state index contributed by atoms with van der Waals surface area (Å²) in [6.07, 6.45) is 17.4. The maximum absolute atomic E-state index is 2.51. The van der Waals surface area contributed by atoms with E-state index in [0.717, 1.165) is 24.2 Å². The number of rotatable bonds is 14. The molecule has 0 N–H and O–H groups in total. The quantitative estimate of drug-likeness (QED) is 0.101. The Kier molecular flexibility index (Phi) is 12.0. The van der Waals surface area contributed by atoms with Crippen molar-refractivity contribution < 1.29 is 0 Å². The highest BCUT2D eigenvalue weighted by atomic mass is 32.3. The Bertz CT molecular complexity index is 2480. The minimum Gasteiger partial charge on any atom is -0.311 e. The Morgan fingerprint density at radius 2 is 0.951 bits per heavy atom. The Morgan fingerprint density at radius 3 is 1.51 bits per heavy atom. The van der Waals surface area contributed by atoms with Crippen LogP contribution in [0.1, 0.15) is 101 Å². The highest BCUT2D eigenvalue weighted by Gasteiger charge is 2.34. The van der Waals surface area contributed by atoms with E-state index in [-0.39, 0.29) is 5.41 Å². The fourth-order valence-electron chi connectivity index (χ4n) is 10.5. The summed E-state index contributed by atoms with van der Waals surface area (Å²) in [6, 6.07) is 66.5. The molecule has 2 aliphatic rings. The molecule has 1 atom stereocenters. The molecule has 0 aromatic heterocycles. The highest BCUT2D eigenvalue weighted by Crippen LogP contribution is 2.67. The summed E-state index contributed by atoms with van der Waals surface area (Å²) in [4.78, 5) is 7.85. The largest absolute Gasteiger partial charge is 0.311 e. The number of unbranched alkanes of at least 4 members (excludes halogenated alkanes) is 2. The summed E-state index contributed by atoms with van der Waals surface area (Å²) >= 11 is 0. The van der Waals surface area contributed by atoms with Crippen LogP contribution in [0, 0.1) is 0 Å². The van der Waals surface area contributed by atoms with Crippen LogP contribution >= 0.6 is 10.0 Å². The summed E-state index contributed by atoms with van der Waals surface area (Å²) in [5.41, 5.74) is 14.1. The molecule has 1 unspecified atom stereocenters. The average Bonchev–Trinajstić information content (AvgIpc) is 3.55. The Morgan fingerprint density at radius 1 is 0.475 bits per heavy atom. The van der Waals surface area contributed by atoms with E-state index >= 15 is 0 Å². The van der Waals surface area contributed by atoms with Gasteiger partial charge in [0.05, 0.1) is 0 Å². The average molecular weight is 819 g/mol. The zero-order chi connectivity index (χ0) is 41.8. The number of para-hydroxylation sites is 2. The van der Waals surface area contributed by atoms with Gasteiger partial charge in [0.25, 0.3) is 0 Å². The van der Waals surface area contributed by atoms with Crippen LogP contribution in [-0.2, 0) is 5.41 Å². The molecule has 0 saturated heterocycles. The molecular formula is C58H62N2S. The molecule has 7 aromatic carbocycles. The Labute approximate surface area is 367 Å². The van der Waals surface area contributed by atoms with Crippen LogP contribution in [0.2, 0.25) is 0 Å². The molecule has 0 bridgehead atoms. The second-order valence-electron chi connectivity index (χ2n) is 17.8. The second kappa shape index (κ2) is 17.8. The van der Waals surface area contributed by atoms with Crippen LogP contribution in [0.4, 0.5) is 34.1 Å². The van der Waals surface area contributed by atoms with Gasteiger partial charge in [0.15, 0.2) is 0 Å². The lowest BCUT2D eigenvalue weighted by molar-refractivity contribution is 0.431. The van der Waals surface area contributed by atoms with Gasteiger partial charge in [-0.25, -0.2) is 0 Å². The molecule has 1 heterocycles. The number of nitrogens with zero attached hydrogens (tertiary/aromatic N) is 2. The fourth-order valence-corrected chi connectivity index (χ4v) is 13.0. The molecule has 9 rings (SSSR count). The Balaban J connectivity index is 1.10. The van der Waals surface area contributed by atoms with E-state index in [2.05, 4.69) is 212 Å². The van der Waals surface area contributed by atoms with E-state index in [9.17, 15) is 0 Å². The molecule has 1 fully saturated rings. The maximum atomic E-state index is 2.51. The summed E-state index contributed by atoms with van der Waals surface area (Å²) in [7, 11) is -1.15. The predicted octanol–water partition coefficient (Wildman–Crippen LogP) is 17.4. The van der Waals surface area contributed by atoms with Gasteiger partial charge in [-0.15, -0.1) is 0 Å². The van der Waals surface area contributed by atoms with E-state index < -0.39 is 10.0 Å². The summed E-state index contributed by atoms with van der Waals surface area (Å²) in [5.74, 6) is 0.683. The third kappa shape index (κ3) is 7.94. The molecule has 1 aliphatic heterocycles. The van der Waals surface area contributed by atoms with Crippen molar-refractivity contribution in [2.75, 3.05) is 22.3 Å². The van der Waals surface area contributed by atoms with Crippen LogP contribution < -0.4 is 9.80 Å². The normalized spacial score (nSPS) is 15.9. The molecule has 1 aliphatic carbocycles. The van der Waals surface area contributed by atoms with Crippen molar-refractivity contribution in [2.45, 2.75) is 99.2 Å². The highest BCUT2D eigenvalue weighted by molar-refractivity contribution is 8.33. The minimum absolute atomic E-state index is 0.101. The van der Waals surface area contributed by atoms with Crippen molar-refractivity contribution in [3.05, 3.63) is 193 Å². The number of anilines is 6. The van der Waals surface area contributed by atoms with Crippen LogP contribution in [0.15, 0.2) is 186 Å². The number of fused-ring (bicyclic) bond motifs is 3. The lowest BCUT2D eigenvalue weighted by atomic mass is 9.69. The molecule has 310 valence electrons. The predicted molar refractivity (Wildman–Crippen MR) is 265 cm³/mol. The molecule has 7 aromatic rings. The molecular weight excluding hydrogens is 757 g/mol. The standard InChI is InChI=1S/C58H62N2S/c1-5-7-19-42-58(6-2,46-30-36-51(37-31-46)59(48-22-13-9-14-23-48)49-24-15-10-16-25-49)47-32-38-52(39-33-47)60(50-34-28-45(29-35-50)44-20-11-8-12-21-44)53-40-41-55-54-26-17-18-27-56(54)61(3,4)57(55)43-53/h9-10,13-18,22-41,43-44H,5-8,11-12,19-21,42H2,1-4H3. The van der Waals surface area contributed by atoms with Gasteiger partial charge < -0.3 is 9.80 Å². The lowest BCUT2D eigenvalue weighted by Crippen LogP contribution is -2.27. The van der Waals surface area contributed by atoms with Crippen LogP contribution in [-0.4, -0.2) is 12.5 Å². The summed E-state index contributed by atoms with van der Waals surface area (Å²) in [6.45, 7) is 4.70. The minimum atomic E-state index is -1.15. The topological polar surface area (TPSA) is 6.48 Å². The maximum Gasteiger partial charge on any atom is 0.0472 e. The third-order valence-electron chi connectivity index (χ3n) is 13.9. The van der Waals surface area contributed by atoms with Gasteiger partial charge in [0.2, 0.25) is 0 Å². The van der Waals surface area contributed by atoms with Gasteiger partial charge in [-0.05, 0) is 151 Å². The van der Waals surface area contributed by atoms with Crippen molar-refractivity contribution >= 4 is 44.2 Å². The SMILES string of the molecule is CCCCCC(CC)(c1ccc(N(c2ccccc2)c2ccccc2)cc1)c1ccc(N(c2ccc(C3CCCCC3)cc2)c2ccc3c(c2)S(C)(C)c2ccccc2-3)cc1. The zero-order valence-corrected chi connectivity index (χ0v) is 37.5. The molecule has 3 heteroatoms. The Hall–Kier alpha value is -5.51. The summed E-state index contributed by atoms with van der Waals surface area (Å²) < 4.78 is 0. The first kappa shape index (κ1) is 40.9. The van der Waals surface area contributed by atoms with Crippen molar-refractivity contribution in [1.29, 1.82) is 0 Å². The number of hydrogen-bond acceptors (Lipinski definition) is 2. The third-order valence-corrected chi connectivity index (χ3v) is 16.8. The monoisotopic (exact) mass is 818 g/mol. The molecule has 61 heavy (non-hydrogen) atoms. The van der Waals surface area contributed by atoms with Crippen LogP contribution in [0.5, 0.6) is 0 Å². The van der Waals surface area contributed by atoms with Gasteiger partial charge in [0.1, 0.15) is 0 Å². The van der Waals surface area contributed by atoms with Crippen LogP contribution in [0.25, 0.3) is 11.1 Å². The number of benzene rings is 7.